The van der Waals surface area contributed by atoms with Gasteiger partial charge in [-0.25, -0.2) is 9.37 Å². The van der Waals surface area contributed by atoms with Crippen molar-refractivity contribution in [2.45, 2.75) is 13.0 Å². The van der Waals surface area contributed by atoms with Crippen LogP contribution in [0.1, 0.15) is 28.9 Å². The number of rotatable bonds is 4. The molecule has 20 heavy (non-hydrogen) atoms. The number of aromatic nitrogens is 1. The molecule has 0 saturated heterocycles. The maximum Gasteiger partial charge on any atom is 0.252 e. The van der Waals surface area contributed by atoms with Gasteiger partial charge in [0.1, 0.15) is 11.6 Å². The maximum atomic E-state index is 13.7. The lowest BCUT2D eigenvalue weighted by Crippen LogP contribution is -2.18. The molecule has 104 valence electrons. The fraction of sp³-hybridized carbons (Fsp3) is 0.143. The van der Waals surface area contributed by atoms with Crippen molar-refractivity contribution >= 4 is 17.4 Å². The van der Waals surface area contributed by atoms with Crippen LogP contribution in [-0.2, 0) is 0 Å². The van der Waals surface area contributed by atoms with Gasteiger partial charge >= 0.3 is 0 Å². The number of carbonyl (C=O) groups is 1. The zero-order valence-electron chi connectivity index (χ0n) is 10.9. The van der Waals surface area contributed by atoms with Gasteiger partial charge in [0.05, 0.1) is 23.5 Å². The predicted octanol–water partition coefficient (Wildman–Crippen LogP) is 2.07. The van der Waals surface area contributed by atoms with Crippen LogP contribution >= 0.6 is 0 Å². The normalized spacial score (nSPS) is 11.9. The van der Waals surface area contributed by atoms with Crippen LogP contribution in [0.4, 0.5) is 15.9 Å². The van der Waals surface area contributed by atoms with Gasteiger partial charge in [0.15, 0.2) is 0 Å². The van der Waals surface area contributed by atoms with E-state index in [0.29, 0.717) is 11.3 Å². The number of hydrogen-bond donors (Lipinski definition) is 3. The van der Waals surface area contributed by atoms with E-state index < -0.39 is 5.91 Å². The van der Waals surface area contributed by atoms with Crippen LogP contribution < -0.4 is 16.8 Å². The van der Waals surface area contributed by atoms with E-state index in [4.69, 9.17) is 11.5 Å². The molecule has 0 aliphatic carbocycles. The van der Waals surface area contributed by atoms with E-state index in [2.05, 4.69) is 10.3 Å². The number of hydrogen-bond acceptors (Lipinski definition) is 4. The number of halogens is 1. The van der Waals surface area contributed by atoms with Crippen molar-refractivity contribution in [1.82, 2.24) is 4.98 Å². The summed E-state index contributed by atoms with van der Waals surface area (Å²) in [6, 6.07) is 7.45. The van der Waals surface area contributed by atoms with Gasteiger partial charge in [-0.1, -0.05) is 18.2 Å². The molecule has 5 nitrogen and oxygen atoms in total. The molecule has 1 unspecified atom stereocenters. The van der Waals surface area contributed by atoms with E-state index in [0.717, 1.165) is 0 Å². The van der Waals surface area contributed by atoms with Crippen molar-refractivity contribution in [2.75, 3.05) is 11.1 Å². The molecule has 0 aliphatic rings. The quantitative estimate of drug-likeness (QED) is 0.795. The first-order valence-corrected chi connectivity index (χ1v) is 6.05. The fourth-order valence-corrected chi connectivity index (χ4v) is 1.89. The van der Waals surface area contributed by atoms with Crippen LogP contribution in [-0.4, -0.2) is 10.9 Å². The summed E-state index contributed by atoms with van der Waals surface area (Å²) in [5, 5.41) is 2.97. The number of amides is 1. The average Bonchev–Trinajstić information content (AvgIpc) is 2.41. The molecular formula is C14H15FN4O. The molecule has 0 radical (unpaired) electrons. The Hall–Kier alpha value is -2.63. The molecule has 5 N–H and O–H groups in total. The molecule has 1 amide bonds. The van der Waals surface area contributed by atoms with Gasteiger partial charge in [0.2, 0.25) is 0 Å². The molecule has 1 heterocycles. The van der Waals surface area contributed by atoms with Gasteiger partial charge < -0.3 is 16.8 Å². The summed E-state index contributed by atoms with van der Waals surface area (Å²) in [6.07, 6.45) is 1.41. The van der Waals surface area contributed by atoms with Crippen molar-refractivity contribution in [3.8, 4) is 0 Å². The topological polar surface area (TPSA) is 94.0 Å². The van der Waals surface area contributed by atoms with Gasteiger partial charge in [-0.15, -0.1) is 0 Å². The third-order valence-corrected chi connectivity index (χ3v) is 2.90. The predicted molar refractivity (Wildman–Crippen MR) is 75.6 cm³/mol. The highest BCUT2D eigenvalue weighted by Crippen LogP contribution is 2.23. The SMILES string of the molecule is CC(Nc1ncc(N)cc1C(N)=O)c1ccccc1F. The molecule has 6 heteroatoms. The Morgan fingerprint density at radius 2 is 2.10 bits per heavy atom. The number of pyridine rings is 1. The van der Waals surface area contributed by atoms with Gasteiger partial charge in [-0.2, -0.15) is 0 Å². The van der Waals surface area contributed by atoms with Crippen molar-refractivity contribution in [3.05, 3.63) is 53.5 Å². The van der Waals surface area contributed by atoms with Crippen LogP contribution in [0, 0.1) is 5.82 Å². The summed E-state index contributed by atoms with van der Waals surface area (Å²) in [4.78, 5) is 15.4. The van der Waals surface area contributed by atoms with Crippen LogP contribution in [0.3, 0.4) is 0 Å². The molecule has 0 bridgehead atoms. The molecule has 1 atom stereocenters. The molecule has 0 saturated carbocycles. The second-order valence-corrected chi connectivity index (χ2v) is 4.42. The Labute approximate surface area is 115 Å². The standard InChI is InChI=1S/C14H15FN4O/c1-8(10-4-2-3-5-12(10)15)19-14-11(13(17)20)6-9(16)7-18-14/h2-8H,16H2,1H3,(H2,17,20)(H,18,19). The summed E-state index contributed by atoms with van der Waals surface area (Å²) in [7, 11) is 0. The number of carbonyl (C=O) groups excluding carboxylic acids is 1. The van der Waals surface area contributed by atoms with E-state index >= 15 is 0 Å². The molecule has 0 fully saturated rings. The van der Waals surface area contributed by atoms with E-state index in [-0.39, 0.29) is 23.2 Å². The maximum absolute atomic E-state index is 13.7. The molecule has 2 aromatic rings. The van der Waals surface area contributed by atoms with Gasteiger partial charge in [0, 0.05) is 5.56 Å². The first-order valence-electron chi connectivity index (χ1n) is 6.05. The summed E-state index contributed by atoms with van der Waals surface area (Å²) in [6.45, 7) is 1.77. The minimum atomic E-state index is -0.645. The minimum Gasteiger partial charge on any atom is -0.397 e. The zero-order chi connectivity index (χ0) is 14.7. The van der Waals surface area contributed by atoms with Crippen LogP contribution in [0.5, 0.6) is 0 Å². The Morgan fingerprint density at radius 1 is 1.40 bits per heavy atom. The van der Waals surface area contributed by atoms with Crippen molar-refractivity contribution in [3.63, 3.8) is 0 Å². The van der Waals surface area contributed by atoms with Crippen LogP contribution in [0.2, 0.25) is 0 Å². The lowest BCUT2D eigenvalue weighted by atomic mass is 10.1. The molecule has 2 rings (SSSR count). The lowest BCUT2D eigenvalue weighted by Gasteiger charge is -2.17. The molecule has 1 aromatic carbocycles. The zero-order valence-corrected chi connectivity index (χ0v) is 10.9. The number of primary amides is 1. The number of benzene rings is 1. The van der Waals surface area contributed by atoms with Crippen molar-refractivity contribution < 1.29 is 9.18 Å². The van der Waals surface area contributed by atoms with E-state index in [9.17, 15) is 9.18 Å². The average molecular weight is 274 g/mol. The summed E-state index contributed by atoms with van der Waals surface area (Å²) in [5.74, 6) is -0.695. The van der Waals surface area contributed by atoms with Crippen molar-refractivity contribution in [2.24, 2.45) is 5.73 Å². The highest BCUT2D eigenvalue weighted by molar-refractivity contribution is 5.98. The highest BCUT2D eigenvalue weighted by atomic mass is 19.1. The van der Waals surface area contributed by atoms with Crippen molar-refractivity contribution in [1.29, 1.82) is 0 Å². The molecule has 0 aliphatic heterocycles. The van der Waals surface area contributed by atoms with Gasteiger partial charge in [0.25, 0.3) is 5.91 Å². The van der Waals surface area contributed by atoms with E-state index in [1.165, 1.54) is 18.3 Å². The number of nitrogens with zero attached hydrogens (tertiary/aromatic N) is 1. The largest absolute Gasteiger partial charge is 0.397 e. The second-order valence-electron chi connectivity index (χ2n) is 4.42. The molecule has 1 aromatic heterocycles. The highest BCUT2D eigenvalue weighted by Gasteiger charge is 2.15. The first-order chi connectivity index (χ1) is 9.49. The number of nitrogens with two attached hydrogens (primary N) is 2. The fourth-order valence-electron chi connectivity index (χ4n) is 1.89. The summed E-state index contributed by atoms with van der Waals surface area (Å²) >= 11 is 0. The van der Waals surface area contributed by atoms with Crippen LogP contribution in [0.15, 0.2) is 36.5 Å². The Balaban J connectivity index is 2.31. The number of nitrogen functional groups attached to an aromatic ring is 1. The second kappa shape index (κ2) is 5.56. The smallest absolute Gasteiger partial charge is 0.252 e. The minimum absolute atomic E-state index is 0.174. The third kappa shape index (κ3) is 2.85. The van der Waals surface area contributed by atoms with E-state index in [1.807, 2.05) is 0 Å². The monoisotopic (exact) mass is 274 g/mol. The number of nitrogens with one attached hydrogen (secondary N) is 1. The molecule has 0 spiro atoms. The van der Waals surface area contributed by atoms with Crippen LogP contribution in [0.25, 0.3) is 0 Å². The number of anilines is 2. The van der Waals surface area contributed by atoms with Gasteiger partial charge in [-0.3, -0.25) is 4.79 Å². The summed E-state index contributed by atoms with van der Waals surface area (Å²) < 4.78 is 13.7. The van der Waals surface area contributed by atoms with E-state index in [1.54, 1.807) is 25.1 Å². The summed E-state index contributed by atoms with van der Waals surface area (Å²) in [5.41, 5.74) is 11.8. The Bertz CT molecular complexity index is 645. The Morgan fingerprint density at radius 3 is 2.75 bits per heavy atom. The van der Waals surface area contributed by atoms with Gasteiger partial charge in [-0.05, 0) is 19.1 Å². The third-order valence-electron chi connectivity index (χ3n) is 2.90. The first kappa shape index (κ1) is 13.8. The Kier molecular flexibility index (Phi) is 3.84. The lowest BCUT2D eigenvalue weighted by molar-refractivity contribution is 0.100. The molecular weight excluding hydrogens is 259 g/mol.